The molecule has 4 fully saturated rings. The van der Waals surface area contributed by atoms with E-state index in [1.165, 1.54) is 12.8 Å². The monoisotopic (exact) mass is 370 g/mol. The zero-order valence-corrected chi connectivity index (χ0v) is 16.0. The fourth-order valence-electron chi connectivity index (χ4n) is 6.26. The number of carbonyl (C=O) groups excluding carboxylic acids is 3. The van der Waals surface area contributed by atoms with Gasteiger partial charge in [-0.25, -0.2) is 0 Å². The molecule has 0 aromatic heterocycles. The van der Waals surface area contributed by atoms with Crippen LogP contribution in [-0.4, -0.2) is 47.2 Å². The molecule has 0 radical (unpaired) electrons. The number of piperidine rings is 1. The van der Waals surface area contributed by atoms with Crippen LogP contribution in [0.25, 0.3) is 0 Å². The highest BCUT2D eigenvalue weighted by atomic mass is 16.2. The molecule has 2 saturated heterocycles. The number of allylic oxidation sites excluding steroid dienone is 2. The van der Waals surface area contributed by atoms with Gasteiger partial charge >= 0.3 is 0 Å². The van der Waals surface area contributed by atoms with Gasteiger partial charge in [-0.15, -0.1) is 0 Å². The number of rotatable bonds is 6. The van der Waals surface area contributed by atoms with E-state index >= 15 is 0 Å². The molecule has 0 N–H and O–H groups in total. The molecule has 0 aromatic carbocycles. The number of unbranched alkanes of at least 4 members (excludes halogenated alkanes) is 2. The maximum absolute atomic E-state index is 12.9. The van der Waals surface area contributed by atoms with Crippen LogP contribution in [0.2, 0.25) is 0 Å². The molecule has 27 heavy (non-hydrogen) atoms. The van der Waals surface area contributed by atoms with Crippen molar-refractivity contribution in [2.75, 3.05) is 19.6 Å². The Balaban J connectivity index is 1.09. The zero-order chi connectivity index (χ0) is 18.5. The molecule has 6 atom stereocenters. The van der Waals surface area contributed by atoms with E-state index in [1.54, 1.807) is 4.90 Å². The molecule has 0 aromatic rings. The Hall–Kier alpha value is -1.65. The van der Waals surface area contributed by atoms with Crippen molar-refractivity contribution in [1.29, 1.82) is 0 Å². The van der Waals surface area contributed by atoms with Gasteiger partial charge < -0.3 is 4.90 Å². The lowest BCUT2D eigenvalue weighted by Gasteiger charge is -2.37. The van der Waals surface area contributed by atoms with Crippen LogP contribution in [0.3, 0.4) is 0 Å². The highest BCUT2D eigenvalue weighted by molar-refractivity contribution is 6.06. The van der Waals surface area contributed by atoms with Crippen molar-refractivity contribution < 1.29 is 14.4 Å². The van der Waals surface area contributed by atoms with E-state index in [1.807, 2.05) is 4.90 Å². The summed E-state index contributed by atoms with van der Waals surface area (Å²) in [6, 6.07) is 0. The van der Waals surface area contributed by atoms with Gasteiger partial charge in [-0.3, -0.25) is 19.3 Å². The smallest absolute Gasteiger partial charge is 0.233 e. The number of nitrogens with zero attached hydrogens (tertiary/aromatic N) is 2. The minimum atomic E-state index is -0.0723. The molecule has 6 rings (SSSR count). The van der Waals surface area contributed by atoms with Crippen molar-refractivity contribution in [1.82, 2.24) is 9.80 Å². The van der Waals surface area contributed by atoms with E-state index in [0.717, 1.165) is 45.2 Å². The molecule has 5 nitrogen and oxygen atoms in total. The third kappa shape index (κ3) is 2.85. The average molecular weight is 370 g/mol. The largest absolute Gasteiger partial charge is 0.343 e. The quantitative estimate of drug-likeness (QED) is 0.410. The summed E-state index contributed by atoms with van der Waals surface area (Å²) in [6.45, 7) is 2.37. The summed E-state index contributed by atoms with van der Waals surface area (Å²) >= 11 is 0. The summed E-state index contributed by atoms with van der Waals surface area (Å²) < 4.78 is 0. The molecule has 6 unspecified atom stereocenters. The first-order valence-corrected chi connectivity index (χ1v) is 11.0. The molecule has 4 aliphatic carbocycles. The maximum atomic E-state index is 12.9. The molecule has 2 saturated carbocycles. The molecule has 0 spiro atoms. The standard InChI is InChI=1S/C22H30N2O3/c25-18(23-10-4-2-5-11-23)7-3-1-6-12-24-21(26)19-14-8-9-15(17-13-16(14)17)20(19)22(24)27/h8-9,14-17,19-20H,1-7,10-13H2. The Kier molecular flexibility index (Phi) is 4.36. The predicted molar refractivity (Wildman–Crippen MR) is 100 cm³/mol. The van der Waals surface area contributed by atoms with E-state index in [-0.39, 0.29) is 29.6 Å². The van der Waals surface area contributed by atoms with Crippen molar-refractivity contribution in [3.8, 4) is 0 Å². The second-order valence-electron chi connectivity index (χ2n) is 9.23. The summed E-state index contributed by atoms with van der Waals surface area (Å²) in [7, 11) is 0. The van der Waals surface area contributed by atoms with Crippen molar-refractivity contribution in [3.63, 3.8) is 0 Å². The summed E-state index contributed by atoms with van der Waals surface area (Å²) in [4.78, 5) is 41.5. The minimum Gasteiger partial charge on any atom is -0.343 e. The molecule has 2 bridgehead atoms. The number of hydrogen-bond donors (Lipinski definition) is 0. The average Bonchev–Trinajstić information content (AvgIpc) is 3.48. The van der Waals surface area contributed by atoms with E-state index in [4.69, 9.17) is 0 Å². The summed E-state index contributed by atoms with van der Waals surface area (Å²) in [6.07, 6.45) is 12.3. The van der Waals surface area contributed by atoms with Gasteiger partial charge in [0.2, 0.25) is 17.7 Å². The molecule has 2 heterocycles. The number of likely N-dealkylation sites (tertiary alicyclic amines) is 2. The van der Waals surface area contributed by atoms with Crippen LogP contribution < -0.4 is 0 Å². The second kappa shape index (κ2) is 6.75. The molecule has 5 heteroatoms. The first kappa shape index (κ1) is 17.4. The SMILES string of the molecule is O=C(CCCCCN1C(=O)C2C3C=CC(C4CC34)C2C1=O)N1CCCCC1. The van der Waals surface area contributed by atoms with Crippen LogP contribution in [0.5, 0.6) is 0 Å². The van der Waals surface area contributed by atoms with Crippen LogP contribution in [0.1, 0.15) is 51.4 Å². The molecular weight excluding hydrogens is 340 g/mol. The van der Waals surface area contributed by atoms with Gasteiger partial charge in [0.05, 0.1) is 11.8 Å². The number of carbonyl (C=O) groups is 3. The molecule has 2 aliphatic heterocycles. The molecular formula is C22H30N2O3. The van der Waals surface area contributed by atoms with E-state index in [9.17, 15) is 14.4 Å². The third-order valence-electron chi connectivity index (χ3n) is 7.74. The van der Waals surface area contributed by atoms with E-state index in [0.29, 0.717) is 36.6 Å². The van der Waals surface area contributed by atoms with Gasteiger partial charge in [-0.05, 0) is 62.2 Å². The number of hydrogen-bond acceptors (Lipinski definition) is 3. The van der Waals surface area contributed by atoms with Gasteiger partial charge in [0, 0.05) is 26.1 Å². The van der Waals surface area contributed by atoms with Crippen LogP contribution in [0.15, 0.2) is 12.2 Å². The van der Waals surface area contributed by atoms with Gasteiger partial charge in [0.15, 0.2) is 0 Å². The first-order valence-electron chi connectivity index (χ1n) is 11.0. The Morgan fingerprint density at radius 2 is 1.52 bits per heavy atom. The molecule has 146 valence electrons. The normalized spacial score (nSPS) is 39.0. The van der Waals surface area contributed by atoms with E-state index in [2.05, 4.69) is 12.2 Å². The Morgan fingerprint density at radius 1 is 0.889 bits per heavy atom. The van der Waals surface area contributed by atoms with Crippen LogP contribution in [-0.2, 0) is 14.4 Å². The Morgan fingerprint density at radius 3 is 2.15 bits per heavy atom. The van der Waals surface area contributed by atoms with Gasteiger partial charge in [-0.1, -0.05) is 18.6 Å². The first-order chi connectivity index (χ1) is 13.2. The summed E-state index contributed by atoms with van der Waals surface area (Å²) in [5.74, 6) is 2.25. The van der Waals surface area contributed by atoms with Crippen molar-refractivity contribution in [3.05, 3.63) is 12.2 Å². The highest BCUT2D eigenvalue weighted by Crippen LogP contribution is 2.65. The van der Waals surface area contributed by atoms with Crippen LogP contribution in [0, 0.1) is 35.5 Å². The third-order valence-corrected chi connectivity index (χ3v) is 7.74. The van der Waals surface area contributed by atoms with Gasteiger partial charge in [-0.2, -0.15) is 0 Å². The van der Waals surface area contributed by atoms with Crippen LogP contribution in [0.4, 0.5) is 0 Å². The van der Waals surface area contributed by atoms with Crippen molar-refractivity contribution >= 4 is 17.7 Å². The summed E-state index contributed by atoms with van der Waals surface area (Å²) in [5, 5.41) is 0. The fourth-order valence-corrected chi connectivity index (χ4v) is 6.26. The predicted octanol–water partition coefficient (Wildman–Crippen LogP) is 2.61. The van der Waals surface area contributed by atoms with E-state index < -0.39 is 0 Å². The highest BCUT2D eigenvalue weighted by Gasteiger charge is 2.66. The Labute approximate surface area is 161 Å². The lowest BCUT2D eigenvalue weighted by Crippen LogP contribution is -2.40. The number of amides is 3. The van der Waals surface area contributed by atoms with Gasteiger partial charge in [0.1, 0.15) is 0 Å². The molecule has 6 aliphatic rings. The van der Waals surface area contributed by atoms with Gasteiger partial charge in [0.25, 0.3) is 0 Å². The zero-order valence-electron chi connectivity index (χ0n) is 16.0. The number of imide groups is 1. The van der Waals surface area contributed by atoms with Crippen LogP contribution >= 0.6 is 0 Å². The lowest BCUT2D eigenvalue weighted by atomic mass is 9.63. The minimum absolute atomic E-state index is 0.0723. The maximum Gasteiger partial charge on any atom is 0.233 e. The molecule has 3 amide bonds. The summed E-state index contributed by atoms with van der Waals surface area (Å²) in [5.41, 5.74) is 0. The topological polar surface area (TPSA) is 57.7 Å². The van der Waals surface area contributed by atoms with Crippen molar-refractivity contribution in [2.24, 2.45) is 35.5 Å². The van der Waals surface area contributed by atoms with Crippen molar-refractivity contribution in [2.45, 2.75) is 51.4 Å². The fraction of sp³-hybridized carbons (Fsp3) is 0.773. The Bertz CT molecular complexity index is 645. The second-order valence-corrected chi connectivity index (χ2v) is 9.23. The lowest BCUT2D eigenvalue weighted by molar-refractivity contribution is -0.140.